The van der Waals surface area contributed by atoms with Crippen LogP contribution in [0.2, 0.25) is 0 Å². The first kappa shape index (κ1) is 35.0. The standard InChI is InChI=1S/C33H39NO11/c1-8-23-9-11-24(12-10-23)13-25-14-27(28(41-18(2)3)15-26(25)16-34)33(39)32(44-22(7)38)31(43-21(6)37)30(42-20(5)36)29(45-33)17-40-19(4)35/h9-12,14-15,18,29-32,39H,8,13,17H2,1-7H3/t29-,30-,31+,32-,33-/m1/s1. The molecule has 0 aromatic heterocycles. The Kier molecular flexibility index (Phi) is 11.7. The third-order valence-electron chi connectivity index (χ3n) is 6.95. The molecule has 12 heteroatoms. The second-order valence-corrected chi connectivity index (χ2v) is 11.0. The quantitative estimate of drug-likeness (QED) is 0.286. The maximum absolute atomic E-state index is 12.5. The van der Waals surface area contributed by atoms with E-state index in [-0.39, 0.29) is 23.3 Å². The Morgan fingerprint density at radius 2 is 1.49 bits per heavy atom. The highest BCUT2D eigenvalue weighted by molar-refractivity contribution is 5.69. The van der Waals surface area contributed by atoms with Crippen LogP contribution in [0.25, 0.3) is 0 Å². The van der Waals surface area contributed by atoms with Crippen LogP contribution in [0.4, 0.5) is 0 Å². The normalized spacial score (nSPS) is 22.6. The molecule has 1 heterocycles. The van der Waals surface area contributed by atoms with Crippen molar-refractivity contribution >= 4 is 23.9 Å². The van der Waals surface area contributed by atoms with E-state index >= 15 is 0 Å². The van der Waals surface area contributed by atoms with Gasteiger partial charge in [-0.3, -0.25) is 19.2 Å². The summed E-state index contributed by atoms with van der Waals surface area (Å²) in [5.41, 5.74) is 2.68. The number of hydrogen-bond donors (Lipinski definition) is 1. The van der Waals surface area contributed by atoms with Crippen LogP contribution in [0.1, 0.15) is 76.3 Å². The number of nitriles is 1. The Morgan fingerprint density at radius 1 is 0.911 bits per heavy atom. The van der Waals surface area contributed by atoms with Gasteiger partial charge < -0.3 is 33.5 Å². The summed E-state index contributed by atoms with van der Waals surface area (Å²) < 4.78 is 33.8. The van der Waals surface area contributed by atoms with Crippen molar-refractivity contribution in [2.45, 2.75) is 97.6 Å². The van der Waals surface area contributed by atoms with Gasteiger partial charge in [0.05, 0.1) is 23.3 Å². The third-order valence-corrected chi connectivity index (χ3v) is 6.95. The molecule has 45 heavy (non-hydrogen) atoms. The first-order valence-corrected chi connectivity index (χ1v) is 14.6. The van der Waals surface area contributed by atoms with E-state index in [0.29, 0.717) is 5.56 Å². The van der Waals surface area contributed by atoms with Gasteiger partial charge in [0, 0.05) is 27.7 Å². The predicted molar refractivity (Wildman–Crippen MR) is 158 cm³/mol. The van der Waals surface area contributed by atoms with Crippen molar-refractivity contribution in [2.75, 3.05) is 6.61 Å². The molecule has 0 radical (unpaired) electrons. The van der Waals surface area contributed by atoms with E-state index in [1.54, 1.807) is 13.8 Å². The summed E-state index contributed by atoms with van der Waals surface area (Å²) in [6, 6.07) is 12.9. The Bertz CT molecular complexity index is 1450. The molecular formula is C33H39NO11. The van der Waals surface area contributed by atoms with Crippen LogP contribution in [-0.2, 0) is 61.5 Å². The molecule has 3 rings (SSSR count). The lowest BCUT2D eigenvalue weighted by Gasteiger charge is -2.49. The van der Waals surface area contributed by atoms with Gasteiger partial charge in [-0.25, -0.2) is 0 Å². The van der Waals surface area contributed by atoms with Crippen LogP contribution in [0, 0.1) is 11.3 Å². The fraction of sp³-hybridized carbons (Fsp3) is 0.485. The number of nitrogens with zero attached hydrogens (tertiary/aromatic N) is 1. The van der Waals surface area contributed by atoms with Gasteiger partial charge in [-0.05, 0) is 55.5 Å². The van der Waals surface area contributed by atoms with Crippen LogP contribution in [0.15, 0.2) is 36.4 Å². The van der Waals surface area contributed by atoms with Gasteiger partial charge in [0.2, 0.25) is 11.9 Å². The second kappa shape index (κ2) is 15.0. The highest BCUT2D eigenvalue weighted by Crippen LogP contribution is 2.45. The molecule has 2 aromatic rings. The number of aryl methyl sites for hydroxylation is 1. The van der Waals surface area contributed by atoms with Gasteiger partial charge in [-0.1, -0.05) is 31.2 Å². The summed E-state index contributed by atoms with van der Waals surface area (Å²) in [5.74, 6) is -5.85. The minimum Gasteiger partial charge on any atom is -0.490 e. The molecule has 1 aliphatic rings. The lowest BCUT2D eigenvalue weighted by atomic mass is 9.85. The molecule has 0 bridgehead atoms. The number of ether oxygens (including phenoxy) is 6. The topological polar surface area (TPSA) is 168 Å². The molecule has 0 spiro atoms. The van der Waals surface area contributed by atoms with E-state index in [4.69, 9.17) is 28.4 Å². The van der Waals surface area contributed by atoms with E-state index in [1.165, 1.54) is 12.1 Å². The first-order valence-electron chi connectivity index (χ1n) is 14.6. The molecule has 12 nitrogen and oxygen atoms in total. The predicted octanol–water partition coefficient (Wildman–Crippen LogP) is 3.40. The van der Waals surface area contributed by atoms with Crippen molar-refractivity contribution in [2.24, 2.45) is 0 Å². The Balaban J connectivity index is 2.31. The zero-order valence-corrected chi connectivity index (χ0v) is 26.4. The van der Waals surface area contributed by atoms with Crippen molar-refractivity contribution < 1.29 is 52.7 Å². The molecule has 5 atom stereocenters. The van der Waals surface area contributed by atoms with Crippen molar-refractivity contribution in [3.05, 3.63) is 64.2 Å². The van der Waals surface area contributed by atoms with E-state index in [2.05, 4.69) is 6.07 Å². The Labute approximate surface area is 262 Å². The molecule has 0 amide bonds. The summed E-state index contributed by atoms with van der Waals surface area (Å²) >= 11 is 0. The number of rotatable bonds is 11. The number of benzene rings is 2. The molecule has 0 saturated carbocycles. The minimum atomic E-state index is -2.63. The average molecular weight is 626 g/mol. The van der Waals surface area contributed by atoms with Crippen molar-refractivity contribution in [3.63, 3.8) is 0 Å². The van der Waals surface area contributed by atoms with Crippen LogP contribution in [0.3, 0.4) is 0 Å². The summed E-state index contributed by atoms with van der Waals surface area (Å²) in [5, 5.41) is 22.6. The van der Waals surface area contributed by atoms with E-state index < -0.39 is 66.8 Å². The smallest absolute Gasteiger partial charge is 0.303 e. The molecular weight excluding hydrogens is 586 g/mol. The fourth-order valence-corrected chi connectivity index (χ4v) is 5.12. The van der Waals surface area contributed by atoms with Crippen molar-refractivity contribution in [1.29, 1.82) is 5.26 Å². The van der Waals surface area contributed by atoms with Gasteiger partial charge in [-0.2, -0.15) is 5.26 Å². The number of aliphatic hydroxyl groups is 1. The first-order chi connectivity index (χ1) is 21.2. The summed E-state index contributed by atoms with van der Waals surface area (Å²) in [6.07, 6.45) is -5.64. The zero-order chi connectivity index (χ0) is 33.5. The van der Waals surface area contributed by atoms with Crippen molar-refractivity contribution in [1.82, 2.24) is 0 Å². The number of carbonyl (C=O) groups excluding carboxylic acids is 4. The van der Waals surface area contributed by atoms with Gasteiger partial charge >= 0.3 is 23.9 Å². The largest absolute Gasteiger partial charge is 0.490 e. The Morgan fingerprint density at radius 3 is 2.00 bits per heavy atom. The van der Waals surface area contributed by atoms with Gasteiger partial charge in [0.15, 0.2) is 12.2 Å². The van der Waals surface area contributed by atoms with E-state index in [0.717, 1.165) is 45.2 Å². The monoisotopic (exact) mass is 625 g/mol. The van der Waals surface area contributed by atoms with Crippen LogP contribution < -0.4 is 4.74 Å². The van der Waals surface area contributed by atoms with E-state index in [9.17, 15) is 29.5 Å². The maximum atomic E-state index is 12.5. The average Bonchev–Trinajstić information content (AvgIpc) is 2.95. The highest BCUT2D eigenvalue weighted by atomic mass is 16.7. The summed E-state index contributed by atoms with van der Waals surface area (Å²) in [7, 11) is 0. The molecule has 1 aliphatic heterocycles. The fourth-order valence-electron chi connectivity index (χ4n) is 5.12. The lowest BCUT2D eigenvalue weighted by Crippen LogP contribution is -2.66. The summed E-state index contributed by atoms with van der Waals surface area (Å²) in [6.45, 7) is 9.38. The molecule has 0 unspecified atom stereocenters. The Hall–Kier alpha value is -4.47. The zero-order valence-electron chi connectivity index (χ0n) is 26.4. The van der Waals surface area contributed by atoms with Gasteiger partial charge in [0.25, 0.3) is 0 Å². The molecule has 242 valence electrons. The van der Waals surface area contributed by atoms with Crippen LogP contribution in [-0.4, -0.2) is 66.1 Å². The number of hydrogen-bond acceptors (Lipinski definition) is 12. The highest BCUT2D eigenvalue weighted by Gasteiger charge is 2.61. The van der Waals surface area contributed by atoms with E-state index in [1.807, 2.05) is 31.2 Å². The SMILES string of the molecule is CCc1ccc(Cc2cc([C@@]3(O)O[C@H](COC(C)=O)[C@@H](OC(C)=O)[C@H](OC(C)=O)[C@H]3OC(C)=O)c(OC(C)C)cc2C#N)cc1. The van der Waals surface area contributed by atoms with Crippen molar-refractivity contribution in [3.8, 4) is 11.8 Å². The molecule has 1 fully saturated rings. The lowest BCUT2D eigenvalue weighted by molar-refractivity contribution is -0.360. The number of esters is 4. The number of carbonyl (C=O) groups is 4. The molecule has 1 N–H and O–H groups in total. The summed E-state index contributed by atoms with van der Waals surface area (Å²) in [4.78, 5) is 48.7. The van der Waals surface area contributed by atoms with Gasteiger partial charge in [0.1, 0.15) is 18.5 Å². The molecule has 2 aromatic carbocycles. The minimum absolute atomic E-state index is 0.0185. The van der Waals surface area contributed by atoms with Crippen LogP contribution in [0.5, 0.6) is 5.75 Å². The van der Waals surface area contributed by atoms with Crippen LogP contribution >= 0.6 is 0 Å². The molecule has 1 saturated heterocycles. The third kappa shape index (κ3) is 8.80. The second-order valence-electron chi connectivity index (χ2n) is 11.0. The van der Waals surface area contributed by atoms with Gasteiger partial charge in [-0.15, -0.1) is 0 Å². The molecule has 0 aliphatic carbocycles. The maximum Gasteiger partial charge on any atom is 0.303 e.